The van der Waals surface area contributed by atoms with Crippen LogP contribution < -0.4 is 10.6 Å². The predicted molar refractivity (Wildman–Crippen MR) is 91.7 cm³/mol. The second-order valence-electron chi connectivity index (χ2n) is 5.71. The van der Waals surface area contributed by atoms with Crippen LogP contribution in [0.15, 0.2) is 36.4 Å². The maximum absolute atomic E-state index is 13.7. The van der Waals surface area contributed by atoms with Crippen molar-refractivity contribution in [2.45, 2.75) is 12.8 Å². The number of carbonyl (C=O) groups is 2. The quantitative estimate of drug-likeness (QED) is 0.755. The van der Waals surface area contributed by atoms with Crippen molar-refractivity contribution in [1.82, 2.24) is 0 Å². The third-order valence-corrected chi connectivity index (χ3v) is 4.56. The molecule has 4 nitrogen and oxygen atoms in total. The SMILES string of the molecule is O=C(Nc1cc(Cl)ccc1Cl)C1(C(=O)Nc2c(F)cccc2F)CC1. The first-order chi connectivity index (χ1) is 11.8. The van der Waals surface area contributed by atoms with Crippen LogP contribution in [0.1, 0.15) is 12.8 Å². The summed E-state index contributed by atoms with van der Waals surface area (Å²) in [5.74, 6) is -3.21. The Kier molecular flexibility index (Phi) is 4.67. The molecular formula is C17H12Cl2F2N2O2. The Hall–Kier alpha value is -2.18. The van der Waals surface area contributed by atoms with E-state index in [0.29, 0.717) is 5.02 Å². The number of halogens is 4. The fourth-order valence-corrected chi connectivity index (χ4v) is 2.70. The molecule has 0 unspecified atom stereocenters. The van der Waals surface area contributed by atoms with Gasteiger partial charge in [0.05, 0.1) is 10.7 Å². The molecule has 0 saturated heterocycles. The fraction of sp³-hybridized carbons (Fsp3) is 0.176. The molecule has 2 aromatic rings. The highest BCUT2D eigenvalue weighted by Crippen LogP contribution is 2.48. The molecule has 1 saturated carbocycles. The molecule has 0 heterocycles. The lowest BCUT2D eigenvalue weighted by Crippen LogP contribution is -2.36. The van der Waals surface area contributed by atoms with Crippen molar-refractivity contribution in [3.05, 3.63) is 58.1 Å². The van der Waals surface area contributed by atoms with Gasteiger partial charge in [0, 0.05) is 5.02 Å². The molecule has 2 N–H and O–H groups in total. The van der Waals surface area contributed by atoms with Crippen LogP contribution in [-0.2, 0) is 9.59 Å². The normalized spacial score (nSPS) is 14.7. The molecule has 1 aliphatic rings. The summed E-state index contributed by atoms with van der Waals surface area (Å²) in [4.78, 5) is 24.9. The van der Waals surface area contributed by atoms with Crippen LogP contribution in [-0.4, -0.2) is 11.8 Å². The van der Waals surface area contributed by atoms with E-state index < -0.39 is 34.6 Å². The number of benzene rings is 2. The molecule has 2 aromatic carbocycles. The van der Waals surface area contributed by atoms with E-state index in [9.17, 15) is 18.4 Å². The smallest absolute Gasteiger partial charge is 0.240 e. The number of amides is 2. The minimum Gasteiger partial charge on any atom is -0.324 e. The van der Waals surface area contributed by atoms with Crippen LogP contribution in [0, 0.1) is 17.0 Å². The van der Waals surface area contributed by atoms with Crippen LogP contribution in [0.2, 0.25) is 10.0 Å². The molecule has 0 bridgehead atoms. The molecular weight excluding hydrogens is 373 g/mol. The van der Waals surface area contributed by atoms with E-state index in [1.807, 2.05) is 0 Å². The Morgan fingerprint density at radius 3 is 2.16 bits per heavy atom. The van der Waals surface area contributed by atoms with Crippen molar-refractivity contribution in [2.24, 2.45) is 5.41 Å². The third kappa shape index (κ3) is 3.45. The predicted octanol–water partition coefficient (Wildman–Crippen LogP) is 4.63. The summed E-state index contributed by atoms with van der Waals surface area (Å²) in [5.41, 5.74) is -1.71. The van der Waals surface area contributed by atoms with Gasteiger partial charge in [0.1, 0.15) is 22.7 Å². The van der Waals surface area contributed by atoms with E-state index in [1.165, 1.54) is 18.2 Å². The lowest BCUT2D eigenvalue weighted by Gasteiger charge is -2.16. The molecule has 0 atom stereocenters. The van der Waals surface area contributed by atoms with Crippen LogP contribution in [0.5, 0.6) is 0 Å². The van der Waals surface area contributed by atoms with Gasteiger partial charge in [-0.25, -0.2) is 8.78 Å². The Bertz CT molecular complexity index is 849. The average Bonchev–Trinajstić information content (AvgIpc) is 3.36. The number of carbonyl (C=O) groups excluding carboxylic acids is 2. The lowest BCUT2D eigenvalue weighted by molar-refractivity contribution is -0.131. The van der Waals surface area contributed by atoms with E-state index in [2.05, 4.69) is 10.6 Å². The van der Waals surface area contributed by atoms with Crippen molar-refractivity contribution in [2.75, 3.05) is 10.6 Å². The minimum atomic E-state index is -1.39. The lowest BCUT2D eigenvalue weighted by atomic mass is 10.0. The van der Waals surface area contributed by atoms with Crippen molar-refractivity contribution < 1.29 is 18.4 Å². The van der Waals surface area contributed by atoms with Gasteiger partial charge in [0.2, 0.25) is 11.8 Å². The maximum Gasteiger partial charge on any atom is 0.240 e. The third-order valence-electron chi connectivity index (χ3n) is 4.00. The molecule has 25 heavy (non-hydrogen) atoms. The van der Waals surface area contributed by atoms with Crippen LogP contribution in [0.4, 0.5) is 20.2 Å². The summed E-state index contributed by atoms with van der Waals surface area (Å²) in [6.45, 7) is 0. The second kappa shape index (κ2) is 6.61. The number of hydrogen-bond acceptors (Lipinski definition) is 2. The Morgan fingerprint density at radius 1 is 0.960 bits per heavy atom. The van der Waals surface area contributed by atoms with E-state index in [-0.39, 0.29) is 23.6 Å². The van der Waals surface area contributed by atoms with Gasteiger partial charge in [-0.2, -0.15) is 0 Å². The van der Waals surface area contributed by atoms with Crippen LogP contribution >= 0.6 is 23.2 Å². The number of para-hydroxylation sites is 1. The standard InChI is InChI=1S/C17H12Cl2F2N2O2/c18-9-4-5-10(19)13(8-9)22-15(24)17(6-7-17)16(25)23-14-11(20)2-1-3-12(14)21/h1-5,8H,6-7H2,(H,22,24)(H,23,25). The first-order valence-electron chi connectivity index (χ1n) is 7.35. The molecule has 0 aliphatic heterocycles. The van der Waals surface area contributed by atoms with Crippen molar-refractivity contribution in [3.8, 4) is 0 Å². The summed E-state index contributed by atoms with van der Waals surface area (Å²) in [6, 6.07) is 7.73. The van der Waals surface area contributed by atoms with E-state index in [4.69, 9.17) is 23.2 Å². The highest BCUT2D eigenvalue weighted by atomic mass is 35.5. The van der Waals surface area contributed by atoms with Crippen molar-refractivity contribution in [3.63, 3.8) is 0 Å². The number of hydrogen-bond donors (Lipinski definition) is 2. The molecule has 3 rings (SSSR count). The van der Waals surface area contributed by atoms with Crippen molar-refractivity contribution in [1.29, 1.82) is 0 Å². The van der Waals surface area contributed by atoms with Gasteiger partial charge >= 0.3 is 0 Å². The summed E-state index contributed by atoms with van der Waals surface area (Å²) in [5, 5.41) is 5.33. The summed E-state index contributed by atoms with van der Waals surface area (Å²) in [6.07, 6.45) is 0.526. The van der Waals surface area contributed by atoms with Gasteiger partial charge in [-0.15, -0.1) is 0 Å². The minimum absolute atomic E-state index is 0.258. The molecule has 0 radical (unpaired) electrons. The molecule has 0 spiro atoms. The fourth-order valence-electron chi connectivity index (χ4n) is 2.37. The Morgan fingerprint density at radius 2 is 1.56 bits per heavy atom. The van der Waals surface area contributed by atoms with Gasteiger partial charge in [-0.05, 0) is 43.2 Å². The number of anilines is 2. The summed E-state index contributed by atoms with van der Waals surface area (Å²) >= 11 is 11.9. The zero-order valence-electron chi connectivity index (χ0n) is 12.7. The zero-order valence-corrected chi connectivity index (χ0v) is 14.2. The Balaban J connectivity index is 1.78. The zero-order chi connectivity index (χ0) is 18.2. The summed E-state index contributed by atoms with van der Waals surface area (Å²) in [7, 11) is 0. The van der Waals surface area contributed by atoms with E-state index >= 15 is 0 Å². The van der Waals surface area contributed by atoms with Crippen LogP contribution in [0.3, 0.4) is 0 Å². The number of nitrogens with one attached hydrogen (secondary N) is 2. The average molecular weight is 385 g/mol. The first-order valence-corrected chi connectivity index (χ1v) is 8.11. The summed E-state index contributed by atoms with van der Waals surface area (Å²) < 4.78 is 27.4. The van der Waals surface area contributed by atoms with Gasteiger partial charge in [-0.3, -0.25) is 9.59 Å². The highest BCUT2D eigenvalue weighted by molar-refractivity contribution is 6.36. The van der Waals surface area contributed by atoms with Crippen molar-refractivity contribution >= 4 is 46.4 Å². The molecule has 130 valence electrons. The number of rotatable bonds is 4. The second-order valence-corrected chi connectivity index (χ2v) is 6.55. The maximum atomic E-state index is 13.7. The molecule has 8 heteroatoms. The largest absolute Gasteiger partial charge is 0.324 e. The first kappa shape index (κ1) is 17.6. The highest BCUT2D eigenvalue weighted by Gasteiger charge is 2.56. The van der Waals surface area contributed by atoms with Gasteiger partial charge in [0.15, 0.2) is 0 Å². The van der Waals surface area contributed by atoms with Gasteiger partial charge < -0.3 is 10.6 Å². The Labute approximate surface area is 152 Å². The van der Waals surface area contributed by atoms with E-state index in [1.54, 1.807) is 6.07 Å². The van der Waals surface area contributed by atoms with Gasteiger partial charge in [-0.1, -0.05) is 29.3 Å². The topological polar surface area (TPSA) is 58.2 Å². The van der Waals surface area contributed by atoms with Crippen LogP contribution in [0.25, 0.3) is 0 Å². The molecule has 1 fully saturated rings. The molecule has 1 aliphatic carbocycles. The monoisotopic (exact) mass is 384 g/mol. The van der Waals surface area contributed by atoms with E-state index in [0.717, 1.165) is 12.1 Å². The van der Waals surface area contributed by atoms with Gasteiger partial charge in [0.25, 0.3) is 0 Å². The molecule has 0 aromatic heterocycles. The molecule has 2 amide bonds.